The van der Waals surface area contributed by atoms with Crippen molar-refractivity contribution >= 4 is 0 Å². The van der Waals surface area contributed by atoms with E-state index in [2.05, 4.69) is 24.3 Å². The topological polar surface area (TPSA) is 55.4 Å². The van der Waals surface area contributed by atoms with Gasteiger partial charge in [-0.25, -0.2) is 0 Å². The van der Waals surface area contributed by atoms with Crippen LogP contribution in [0.4, 0.5) is 0 Å². The molecule has 39 heavy (non-hydrogen) atoms. The van der Waals surface area contributed by atoms with Gasteiger partial charge in [0.1, 0.15) is 24.4 Å². The molecule has 0 radical (unpaired) electrons. The first-order valence-corrected chi connectivity index (χ1v) is 14.3. The number of benzene rings is 3. The molecule has 6 rings (SSSR count). The summed E-state index contributed by atoms with van der Waals surface area (Å²) in [5.41, 5.74) is 3.16. The molecule has 2 heterocycles. The summed E-state index contributed by atoms with van der Waals surface area (Å²) in [5.74, 6) is 0. The summed E-state index contributed by atoms with van der Waals surface area (Å²) >= 11 is 0. The van der Waals surface area contributed by atoms with Crippen LogP contribution in [0.5, 0.6) is 0 Å². The van der Waals surface area contributed by atoms with Crippen LogP contribution in [-0.4, -0.2) is 43.4 Å². The summed E-state index contributed by atoms with van der Waals surface area (Å²) < 4.78 is 39.3. The van der Waals surface area contributed by atoms with Crippen LogP contribution >= 0.6 is 0 Å². The van der Waals surface area contributed by atoms with Gasteiger partial charge < -0.3 is 28.4 Å². The van der Waals surface area contributed by atoms with E-state index in [9.17, 15) is 0 Å². The average molecular weight is 531 g/mol. The van der Waals surface area contributed by atoms with Crippen LogP contribution in [0.3, 0.4) is 0 Å². The second kappa shape index (κ2) is 13.2. The Morgan fingerprint density at radius 3 is 1.87 bits per heavy atom. The van der Waals surface area contributed by atoms with E-state index < -0.39 is 24.8 Å². The van der Waals surface area contributed by atoms with E-state index in [0.29, 0.717) is 19.8 Å². The number of rotatable bonds is 9. The SMILES string of the molecule is c1ccc(CO[C@H]2[C@H]3O[C@@H](c4ccccc4)OC[C@H]3OC(OC3CCCCC3)[C@@H]2OCc2ccccc2)cc1. The van der Waals surface area contributed by atoms with Crippen LogP contribution in [0.15, 0.2) is 91.0 Å². The Balaban J connectivity index is 1.27. The molecule has 3 aliphatic rings. The minimum Gasteiger partial charge on any atom is -0.368 e. The summed E-state index contributed by atoms with van der Waals surface area (Å²) in [5, 5.41) is 0. The van der Waals surface area contributed by atoms with E-state index in [0.717, 1.165) is 29.5 Å². The molecule has 206 valence electrons. The Morgan fingerprint density at radius 1 is 0.641 bits per heavy atom. The smallest absolute Gasteiger partial charge is 0.187 e. The van der Waals surface area contributed by atoms with Crippen LogP contribution in [0.1, 0.15) is 55.1 Å². The molecule has 6 atom stereocenters. The van der Waals surface area contributed by atoms with Crippen molar-refractivity contribution < 1.29 is 28.4 Å². The average Bonchev–Trinajstić information content (AvgIpc) is 3.01. The summed E-state index contributed by atoms with van der Waals surface area (Å²) in [6.07, 6.45) is 3.21. The lowest BCUT2D eigenvalue weighted by Crippen LogP contribution is -2.64. The molecule has 0 bridgehead atoms. The van der Waals surface area contributed by atoms with E-state index in [4.69, 9.17) is 28.4 Å². The third kappa shape index (κ3) is 6.77. The number of ether oxygens (including phenoxy) is 6. The predicted molar refractivity (Wildman–Crippen MR) is 147 cm³/mol. The van der Waals surface area contributed by atoms with Gasteiger partial charge >= 0.3 is 0 Å². The van der Waals surface area contributed by atoms with Crippen molar-refractivity contribution in [3.63, 3.8) is 0 Å². The third-order valence-corrected chi connectivity index (χ3v) is 7.80. The fourth-order valence-electron chi connectivity index (χ4n) is 5.73. The summed E-state index contributed by atoms with van der Waals surface area (Å²) in [7, 11) is 0. The summed E-state index contributed by atoms with van der Waals surface area (Å²) in [6, 6.07) is 30.4. The maximum absolute atomic E-state index is 6.68. The van der Waals surface area contributed by atoms with Crippen LogP contribution < -0.4 is 0 Å². The van der Waals surface area contributed by atoms with Crippen molar-refractivity contribution in [2.45, 2.75) is 88.4 Å². The largest absolute Gasteiger partial charge is 0.368 e. The van der Waals surface area contributed by atoms with Gasteiger partial charge in [0.25, 0.3) is 0 Å². The third-order valence-electron chi connectivity index (χ3n) is 7.80. The van der Waals surface area contributed by atoms with Gasteiger partial charge in [0.15, 0.2) is 12.6 Å². The van der Waals surface area contributed by atoms with Crippen LogP contribution in [0.25, 0.3) is 0 Å². The minimum absolute atomic E-state index is 0.153. The van der Waals surface area contributed by atoms with Crippen LogP contribution in [-0.2, 0) is 41.6 Å². The number of hydrogen-bond acceptors (Lipinski definition) is 6. The molecule has 1 aliphatic carbocycles. The fourth-order valence-corrected chi connectivity index (χ4v) is 5.73. The molecule has 0 amide bonds. The summed E-state index contributed by atoms with van der Waals surface area (Å²) in [4.78, 5) is 0. The molecular formula is C33H38O6. The van der Waals surface area contributed by atoms with E-state index in [-0.39, 0.29) is 18.3 Å². The molecular weight excluding hydrogens is 492 g/mol. The lowest BCUT2D eigenvalue weighted by molar-refractivity contribution is -0.377. The zero-order chi connectivity index (χ0) is 26.3. The monoisotopic (exact) mass is 530 g/mol. The molecule has 1 unspecified atom stereocenters. The predicted octanol–water partition coefficient (Wildman–Crippen LogP) is 6.35. The molecule has 2 saturated heterocycles. The Bertz CT molecular complexity index is 1120. The Kier molecular flexibility index (Phi) is 9.00. The first kappa shape index (κ1) is 26.6. The van der Waals surface area contributed by atoms with Crippen molar-refractivity contribution in [1.29, 1.82) is 0 Å². The first-order chi connectivity index (χ1) is 19.3. The molecule has 3 fully saturated rings. The van der Waals surface area contributed by atoms with Gasteiger partial charge in [0, 0.05) is 5.56 Å². The molecule has 0 aromatic heterocycles. The first-order valence-electron chi connectivity index (χ1n) is 14.3. The molecule has 6 nitrogen and oxygen atoms in total. The second-order valence-corrected chi connectivity index (χ2v) is 10.6. The highest BCUT2D eigenvalue weighted by molar-refractivity contribution is 5.17. The standard InChI is InChI=1S/C33H38O6/c1-5-13-24(14-6-1)21-34-30-29-28(23-36-32(39-29)26-17-9-3-10-18-26)38-33(37-27-19-11-4-12-20-27)31(30)35-22-25-15-7-2-8-16-25/h1-3,5-10,13-18,27-33H,4,11-12,19-23H2/t28-,29+,30+,31-,32+,33?/m1/s1. The molecule has 0 spiro atoms. The highest BCUT2D eigenvalue weighted by Gasteiger charge is 2.52. The lowest BCUT2D eigenvalue weighted by atomic mass is 9.95. The van der Waals surface area contributed by atoms with Gasteiger partial charge in [-0.15, -0.1) is 0 Å². The van der Waals surface area contributed by atoms with Crippen molar-refractivity contribution in [3.05, 3.63) is 108 Å². The fraction of sp³-hybridized carbons (Fsp3) is 0.455. The maximum atomic E-state index is 6.68. The van der Waals surface area contributed by atoms with E-state index in [1.165, 1.54) is 19.3 Å². The van der Waals surface area contributed by atoms with Gasteiger partial charge in [-0.2, -0.15) is 0 Å². The zero-order valence-corrected chi connectivity index (χ0v) is 22.3. The van der Waals surface area contributed by atoms with Crippen molar-refractivity contribution in [2.24, 2.45) is 0 Å². The van der Waals surface area contributed by atoms with Crippen molar-refractivity contribution in [2.75, 3.05) is 6.61 Å². The molecule has 1 saturated carbocycles. The Morgan fingerprint density at radius 2 is 1.23 bits per heavy atom. The van der Waals surface area contributed by atoms with E-state index in [1.807, 2.05) is 66.7 Å². The maximum Gasteiger partial charge on any atom is 0.187 e. The zero-order valence-electron chi connectivity index (χ0n) is 22.3. The minimum atomic E-state index is -0.570. The van der Waals surface area contributed by atoms with Crippen LogP contribution in [0.2, 0.25) is 0 Å². The van der Waals surface area contributed by atoms with Crippen molar-refractivity contribution in [3.8, 4) is 0 Å². The number of hydrogen-bond donors (Lipinski definition) is 0. The van der Waals surface area contributed by atoms with E-state index in [1.54, 1.807) is 0 Å². The number of fused-ring (bicyclic) bond motifs is 1. The van der Waals surface area contributed by atoms with Gasteiger partial charge in [-0.3, -0.25) is 0 Å². The van der Waals surface area contributed by atoms with Gasteiger partial charge in [0.2, 0.25) is 0 Å². The Hall–Kier alpha value is -2.58. The molecule has 3 aromatic carbocycles. The quantitative estimate of drug-likeness (QED) is 0.322. The molecule has 0 N–H and O–H groups in total. The van der Waals surface area contributed by atoms with E-state index >= 15 is 0 Å². The molecule has 2 aliphatic heterocycles. The van der Waals surface area contributed by atoms with Crippen LogP contribution in [0, 0.1) is 0 Å². The van der Waals surface area contributed by atoms with Gasteiger partial charge in [-0.05, 0) is 24.0 Å². The van der Waals surface area contributed by atoms with Gasteiger partial charge in [-0.1, -0.05) is 110 Å². The Labute approximate surface area is 231 Å². The lowest BCUT2D eigenvalue weighted by Gasteiger charge is -2.49. The highest BCUT2D eigenvalue weighted by atomic mass is 16.8. The van der Waals surface area contributed by atoms with Crippen molar-refractivity contribution in [1.82, 2.24) is 0 Å². The normalized spacial score (nSPS) is 29.5. The highest BCUT2D eigenvalue weighted by Crippen LogP contribution is 2.38. The molecule has 3 aromatic rings. The van der Waals surface area contributed by atoms with Gasteiger partial charge in [0.05, 0.1) is 25.9 Å². The molecule has 6 heteroatoms. The second-order valence-electron chi connectivity index (χ2n) is 10.6. The summed E-state index contributed by atoms with van der Waals surface area (Å²) in [6.45, 7) is 1.27.